The predicted molar refractivity (Wildman–Crippen MR) is 77.5 cm³/mol. The van der Waals surface area contributed by atoms with E-state index >= 15 is 0 Å². The van der Waals surface area contributed by atoms with Gasteiger partial charge in [0.25, 0.3) is 5.91 Å². The van der Waals surface area contributed by atoms with E-state index in [1.165, 1.54) is 37.4 Å². The van der Waals surface area contributed by atoms with E-state index < -0.39 is 17.7 Å². The third-order valence-electron chi connectivity index (χ3n) is 3.07. The molecule has 0 aliphatic heterocycles. The van der Waals surface area contributed by atoms with E-state index in [1.54, 1.807) is 12.1 Å². The van der Waals surface area contributed by atoms with Crippen molar-refractivity contribution in [1.82, 2.24) is 5.32 Å². The lowest BCUT2D eigenvalue weighted by Crippen LogP contribution is -2.24. The molecule has 0 spiro atoms. The molecule has 5 nitrogen and oxygen atoms in total. The van der Waals surface area contributed by atoms with E-state index in [9.17, 15) is 14.0 Å². The van der Waals surface area contributed by atoms with Crippen molar-refractivity contribution in [3.8, 4) is 5.75 Å². The molecule has 0 radical (unpaired) electrons. The van der Waals surface area contributed by atoms with Gasteiger partial charge in [0.05, 0.1) is 12.7 Å². The Balaban J connectivity index is 2.12. The van der Waals surface area contributed by atoms with Gasteiger partial charge in [-0.25, -0.2) is 9.18 Å². The number of carboxylic acids is 1. The van der Waals surface area contributed by atoms with Gasteiger partial charge in [-0.2, -0.15) is 0 Å². The molecular formula is C16H14FNO4. The normalized spacial score (nSPS) is 10.1. The van der Waals surface area contributed by atoms with E-state index in [0.717, 1.165) is 0 Å². The fraction of sp³-hybridized carbons (Fsp3) is 0.125. The molecule has 0 bridgehead atoms. The molecule has 0 fully saturated rings. The zero-order chi connectivity index (χ0) is 16.1. The van der Waals surface area contributed by atoms with E-state index in [1.807, 2.05) is 0 Å². The van der Waals surface area contributed by atoms with Gasteiger partial charge in [-0.1, -0.05) is 18.2 Å². The highest BCUT2D eigenvalue weighted by molar-refractivity contribution is 5.94. The number of benzene rings is 2. The smallest absolute Gasteiger partial charge is 0.339 e. The summed E-state index contributed by atoms with van der Waals surface area (Å²) >= 11 is 0. The number of methoxy groups -OCH3 is 1. The van der Waals surface area contributed by atoms with Crippen molar-refractivity contribution in [2.24, 2.45) is 0 Å². The van der Waals surface area contributed by atoms with Gasteiger partial charge in [0.1, 0.15) is 17.1 Å². The zero-order valence-corrected chi connectivity index (χ0v) is 11.8. The molecule has 0 saturated heterocycles. The van der Waals surface area contributed by atoms with Crippen LogP contribution in [-0.4, -0.2) is 24.1 Å². The van der Waals surface area contributed by atoms with E-state index in [-0.39, 0.29) is 23.4 Å². The highest BCUT2D eigenvalue weighted by Crippen LogP contribution is 2.20. The molecule has 114 valence electrons. The van der Waals surface area contributed by atoms with Crippen molar-refractivity contribution in [3.05, 3.63) is 65.0 Å². The summed E-state index contributed by atoms with van der Waals surface area (Å²) in [4.78, 5) is 23.0. The van der Waals surface area contributed by atoms with Gasteiger partial charge >= 0.3 is 5.97 Å². The van der Waals surface area contributed by atoms with Crippen molar-refractivity contribution in [2.45, 2.75) is 6.54 Å². The van der Waals surface area contributed by atoms with Crippen molar-refractivity contribution < 1.29 is 23.8 Å². The molecule has 0 atom stereocenters. The van der Waals surface area contributed by atoms with Crippen LogP contribution in [0.2, 0.25) is 0 Å². The van der Waals surface area contributed by atoms with Gasteiger partial charge in [0.15, 0.2) is 0 Å². The van der Waals surface area contributed by atoms with Gasteiger partial charge in [-0.3, -0.25) is 4.79 Å². The Hall–Kier alpha value is -2.89. The Morgan fingerprint density at radius 2 is 1.91 bits per heavy atom. The number of hydrogen-bond acceptors (Lipinski definition) is 3. The average Bonchev–Trinajstić information content (AvgIpc) is 2.52. The summed E-state index contributed by atoms with van der Waals surface area (Å²) in [5.74, 6) is -2.07. The Kier molecular flexibility index (Phi) is 4.73. The minimum atomic E-state index is -1.13. The predicted octanol–water partition coefficient (Wildman–Crippen LogP) is 2.46. The number of carboxylic acid groups (broad SMARTS) is 1. The molecule has 0 aromatic heterocycles. The molecule has 0 unspecified atom stereocenters. The first kappa shape index (κ1) is 15.5. The van der Waals surface area contributed by atoms with Gasteiger partial charge in [-0.05, 0) is 29.8 Å². The number of ether oxygens (including phenoxy) is 1. The molecule has 6 heteroatoms. The van der Waals surface area contributed by atoms with Crippen LogP contribution >= 0.6 is 0 Å². The number of carbonyl (C=O) groups excluding carboxylic acids is 1. The van der Waals surface area contributed by atoms with Gasteiger partial charge in [0, 0.05) is 6.54 Å². The first-order valence-corrected chi connectivity index (χ1v) is 6.46. The first-order chi connectivity index (χ1) is 10.5. The first-order valence-electron chi connectivity index (χ1n) is 6.46. The maximum atomic E-state index is 13.5. The number of aromatic carboxylic acids is 1. The molecular weight excluding hydrogens is 289 g/mol. The lowest BCUT2D eigenvalue weighted by Gasteiger charge is -2.09. The third kappa shape index (κ3) is 3.41. The molecule has 0 aliphatic carbocycles. The monoisotopic (exact) mass is 303 g/mol. The van der Waals surface area contributed by atoms with Crippen LogP contribution in [0.4, 0.5) is 4.39 Å². The number of hydrogen-bond donors (Lipinski definition) is 2. The Bertz CT molecular complexity index is 715. The van der Waals surface area contributed by atoms with Crippen LogP contribution in [0.25, 0.3) is 0 Å². The maximum absolute atomic E-state index is 13.5. The summed E-state index contributed by atoms with van der Waals surface area (Å²) in [6.45, 7) is 0.0808. The zero-order valence-electron chi connectivity index (χ0n) is 11.8. The van der Waals surface area contributed by atoms with Crippen molar-refractivity contribution in [1.29, 1.82) is 0 Å². The van der Waals surface area contributed by atoms with Crippen LogP contribution in [0, 0.1) is 5.82 Å². The third-order valence-corrected chi connectivity index (χ3v) is 3.07. The summed E-state index contributed by atoms with van der Waals surface area (Å²) in [6.07, 6.45) is 0. The highest BCUT2D eigenvalue weighted by atomic mass is 19.1. The largest absolute Gasteiger partial charge is 0.496 e. The standard InChI is InChI=1S/C16H14FNO4/c1-22-14-7-6-10(8-12(14)16(20)21)9-18-15(19)11-4-2-3-5-13(11)17/h2-8H,9H2,1H3,(H,18,19)(H,20,21). The van der Waals surface area contributed by atoms with Crippen molar-refractivity contribution in [3.63, 3.8) is 0 Å². The van der Waals surface area contributed by atoms with Gasteiger partial charge in [-0.15, -0.1) is 0 Å². The second-order valence-corrected chi connectivity index (χ2v) is 4.50. The number of carbonyl (C=O) groups is 2. The lowest BCUT2D eigenvalue weighted by molar-refractivity contribution is 0.0693. The molecule has 2 aromatic carbocycles. The van der Waals surface area contributed by atoms with E-state index in [2.05, 4.69) is 5.32 Å². The summed E-state index contributed by atoms with van der Waals surface area (Å²) in [5, 5.41) is 11.6. The topological polar surface area (TPSA) is 75.6 Å². The van der Waals surface area contributed by atoms with Gasteiger partial charge < -0.3 is 15.2 Å². The highest BCUT2D eigenvalue weighted by Gasteiger charge is 2.13. The van der Waals surface area contributed by atoms with Gasteiger partial charge in [0.2, 0.25) is 0 Å². The minimum absolute atomic E-state index is 0.000130. The summed E-state index contributed by atoms with van der Waals surface area (Å²) in [7, 11) is 1.38. The molecule has 1 amide bonds. The second-order valence-electron chi connectivity index (χ2n) is 4.50. The van der Waals surface area contributed by atoms with Crippen LogP contribution in [0.15, 0.2) is 42.5 Å². The van der Waals surface area contributed by atoms with Crippen LogP contribution in [0.3, 0.4) is 0 Å². The number of rotatable bonds is 5. The summed E-state index contributed by atoms with van der Waals surface area (Å²) in [6, 6.07) is 10.2. The molecule has 2 rings (SSSR count). The van der Waals surface area contributed by atoms with Crippen LogP contribution in [-0.2, 0) is 6.54 Å². The SMILES string of the molecule is COc1ccc(CNC(=O)c2ccccc2F)cc1C(=O)O. The minimum Gasteiger partial charge on any atom is -0.496 e. The molecule has 22 heavy (non-hydrogen) atoms. The van der Waals surface area contributed by atoms with Crippen LogP contribution in [0.1, 0.15) is 26.3 Å². The van der Waals surface area contributed by atoms with Crippen LogP contribution < -0.4 is 10.1 Å². The van der Waals surface area contributed by atoms with E-state index in [4.69, 9.17) is 9.84 Å². The van der Waals surface area contributed by atoms with Crippen LogP contribution in [0.5, 0.6) is 5.75 Å². The summed E-state index contributed by atoms with van der Waals surface area (Å²) in [5.41, 5.74) is 0.512. The van der Waals surface area contributed by atoms with Crippen molar-refractivity contribution >= 4 is 11.9 Å². The maximum Gasteiger partial charge on any atom is 0.339 e. The molecule has 0 saturated carbocycles. The second kappa shape index (κ2) is 6.71. The molecule has 0 aliphatic rings. The van der Waals surface area contributed by atoms with E-state index in [0.29, 0.717) is 5.56 Å². The Labute approximate surface area is 126 Å². The number of amides is 1. The fourth-order valence-corrected chi connectivity index (χ4v) is 1.96. The summed E-state index contributed by atoms with van der Waals surface area (Å²) < 4.78 is 18.4. The quantitative estimate of drug-likeness (QED) is 0.889. The fourth-order valence-electron chi connectivity index (χ4n) is 1.96. The Morgan fingerprint density at radius 1 is 1.18 bits per heavy atom. The van der Waals surface area contributed by atoms with Crippen molar-refractivity contribution in [2.75, 3.05) is 7.11 Å². The average molecular weight is 303 g/mol. The molecule has 0 heterocycles. The number of nitrogens with one attached hydrogen (secondary N) is 1. The lowest BCUT2D eigenvalue weighted by atomic mass is 10.1. The molecule has 2 aromatic rings. The Morgan fingerprint density at radius 3 is 2.55 bits per heavy atom. The number of halogens is 1. The molecule has 2 N–H and O–H groups in total.